The molecule has 0 saturated heterocycles. The monoisotopic (exact) mass is 317 g/mol. The Kier molecular flexibility index (Phi) is 6.23. The van der Waals surface area contributed by atoms with Crippen molar-refractivity contribution in [2.75, 3.05) is 13.2 Å². The maximum Gasteiger partial charge on any atom is 0.137 e. The highest BCUT2D eigenvalue weighted by atomic mass is 35.5. The minimum absolute atomic E-state index is 0.0568. The number of aliphatic hydroxyl groups is 1. The first-order valence-corrected chi connectivity index (χ1v) is 7.19. The Balaban J connectivity index is 1.76. The van der Waals surface area contributed by atoms with Crippen LogP contribution in [-0.4, -0.2) is 24.4 Å². The van der Waals surface area contributed by atoms with E-state index >= 15 is 0 Å². The van der Waals surface area contributed by atoms with Crippen molar-refractivity contribution in [3.8, 4) is 11.8 Å². The fourth-order valence-corrected chi connectivity index (χ4v) is 2.03. The highest BCUT2D eigenvalue weighted by molar-refractivity contribution is 6.31. The molecule has 4 nitrogen and oxygen atoms in total. The van der Waals surface area contributed by atoms with E-state index in [0.29, 0.717) is 22.9 Å². The summed E-state index contributed by atoms with van der Waals surface area (Å²) in [5.41, 5.74) is 1.30. The van der Waals surface area contributed by atoms with Gasteiger partial charge in [0.2, 0.25) is 0 Å². The number of hydrogen-bond acceptors (Lipinski definition) is 4. The van der Waals surface area contributed by atoms with Crippen LogP contribution >= 0.6 is 11.6 Å². The predicted octanol–water partition coefficient (Wildman–Crippen LogP) is 3.17. The van der Waals surface area contributed by atoms with Crippen molar-refractivity contribution in [3.05, 3.63) is 64.7 Å². The first-order chi connectivity index (χ1) is 10.7. The third-order valence-corrected chi connectivity index (χ3v) is 3.33. The lowest BCUT2D eigenvalue weighted by Gasteiger charge is -2.13. The first kappa shape index (κ1) is 16.3. The summed E-state index contributed by atoms with van der Waals surface area (Å²) in [7, 11) is 0. The van der Waals surface area contributed by atoms with Gasteiger partial charge in [-0.15, -0.1) is 0 Å². The molecule has 0 aromatic heterocycles. The zero-order valence-electron chi connectivity index (χ0n) is 11.9. The minimum Gasteiger partial charge on any atom is -0.489 e. The van der Waals surface area contributed by atoms with Crippen LogP contribution in [0.3, 0.4) is 0 Å². The summed E-state index contributed by atoms with van der Waals surface area (Å²) in [5, 5.41) is 19.4. The lowest BCUT2D eigenvalue weighted by Crippen LogP contribution is -2.23. The molecule has 0 aliphatic rings. The summed E-state index contributed by atoms with van der Waals surface area (Å²) >= 11 is 6.02. The van der Waals surface area contributed by atoms with Gasteiger partial charge in [0.05, 0.1) is 18.8 Å². The van der Waals surface area contributed by atoms with Gasteiger partial charge in [-0.25, -0.2) is 0 Å². The van der Waals surface area contributed by atoms with Gasteiger partial charge in [0.25, 0.3) is 0 Å². The number of hydrogen-bond donors (Lipinski definition) is 1. The molecular weight excluding hydrogens is 302 g/mol. The number of ether oxygens (including phenoxy) is 2. The second kappa shape index (κ2) is 8.40. The summed E-state index contributed by atoms with van der Waals surface area (Å²) in [6.07, 6.45) is -0.783. The van der Waals surface area contributed by atoms with Gasteiger partial charge in [0.15, 0.2) is 0 Å². The summed E-state index contributed by atoms with van der Waals surface area (Å²) in [4.78, 5) is 0. The Morgan fingerprint density at radius 3 is 2.59 bits per heavy atom. The number of rotatable bonds is 7. The van der Waals surface area contributed by atoms with Crippen LogP contribution in [0.15, 0.2) is 48.5 Å². The van der Waals surface area contributed by atoms with Crippen molar-refractivity contribution in [1.82, 2.24) is 0 Å². The maximum atomic E-state index is 9.86. The van der Waals surface area contributed by atoms with E-state index in [-0.39, 0.29) is 13.2 Å². The lowest BCUT2D eigenvalue weighted by molar-refractivity contribution is 0.00546. The highest BCUT2D eigenvalue weighted by Crippen LogP contribution is 2.17. The van der Waals surface area contributed by atoms with Crippen LogP contribution in [0, 0.1) is 11.3 Å². The maximum absolute atomic E-state index is 9.86. The summed E-state index contributed by atoms with van der Waals surface area (Å²) in [6, 6.07) is 16.3. The van der Waals surface area contributed by atoms with Crippen LogP contribution in [0.5, 0.6) is 5.75 Å². The van der Waals surface area contributed by atoms with Crippen molar-refractivity contribution in [2.45, 2.75) is 12.7 Å². The van der Waals surface area contributed by atoms with Crippen molar-refractivity contribution in [2.24, 2.45) is 0 Å². The number of halogens is 1. The minimum atomic E-state index is -0.783. The van der Waals surface area contributed by atoms with E-state index < -0.39 is 6.10 Å². The molecule has 1 atom stereocenters. The average molecular weight is 318 g/mol. The number of aliphatic hydroxyl groups excluding tert-OH is 1. The Hall–Kier alpha value is -2.06. The first-order valence-electron chi connectivity index (χ1n) is 6.82. The molecule has 1 N–H and O–H groups in total. The van der Waals surface area contributed by atoms with E-state index in [4.69, 9.17) is 26.3 Å². The molecule has 0 fully saturated rings. The van der Waals surface area contributed by atoms with Crippen LogP contribution in [0.25, 0.3) is 0 Å². The molecule has 0 saturated carbocycles. The summed E-state index contributed by atoms with van der Waals surface area (Å²) in [5.74, 6) is 0.454. The normalized spacial score (nSPS) is 11.7. The smallest absolute Gasteiger partial charge is 0.137 e. The fraction of sp³-hybridized carbons (Fsp3) is 0.235. The van der Waals surface area contributed by atoms with Crippen LogP contribution in [0.4, 0.5) is 0 Å². The molecule has 5 heteroatoms. The van der Waals surface area contributed by atoms with Gasteiger partial charge in [-0.3, -0.25) is 0 Å². The molecule has 0 spiro atoms. The molecule has 0 amide bonds. The second-order valence-corrected chi connectivity index (χ2v) is 5.09. The summed E-state index contributed by atoms with van der Waals surface area (Å²) < 4.78 is 10.9. The molecule has 0 aliphatic heterocycles. The number of nitriles is 1. The molecule has 2 rings (SSSR count). The van der Waals surface area contributed by atoms with E-state index in [0.717, 1.165) is 5.56 Å². The number of para-hydroxylation sites is 1. The zero-order chi connectivity index (χ0) is 15.8. The van der Waals surface area contributed by atoms with Gasteiger partial charge in [-0.1, -0.05) is 41.9 Å². The molecule has 22 heavy (non-hydrogen) atoms. The number of benzene rings is 2. The van der Waals surface area contributed by atoms with Crippen LogP contribution in [-0.2, 0) is 11.3 Å². The molecule has 2 aromatic rings. The van der Waals surface area contributed by atoms with Gasteiger partial charge in [-0.2, -0.15) is 5.26 Å². The molecule has 2 aromatic carbocycles. The van der Waals surface area contributed by atoms with Gasteiger partial charge in [0.1, 0.15) is 24.5 Å². The molecule has 1 unspecified atom stereocenters. The third-order valence-electron chi connectivity index (χ3n) is 2.96. The zero-order valence-corrected chi connectivity index (χ0v) is 12.7. The second-order valence-electron chi connectivity index (χ2n) is 4.68. The Labute approximate surface area is 134 Å². The largest absolute Gasteiger partial charge is 0.489 e. The van der Waals surface area contributed by atoms with Gasteiger partial charge in [0, 0.05) is 5.02 Å². The van der Waals surface area contributed by atoms with Gasteiger partial charge < -0.3 is 14.6 Å². The SMILES string of the molecule is N#Cc1ccccc1OCC(O)COCc1ccccc1Cl. The van der Waals surface area contributed by atoms with Crippen LogP contribution in [0.2, 0.25) is 5.02 Å². The average Bonchev–Trinajstić information content (AvgIpc) is 2.55. The fourth-order valence-electron chi connectivity index (χ4n) is 1.84. The molecule has 0 bridgehead atoms. The van der Waals surface area contributed by atoms with E-state index in [1.54, 1.807) is 30.3 Å². The molecular formula is C17H16ClNO3. The van der Waals surface area contributed by atoms with Crippen LogP contribution < -0.4 is 4.74 Å². The van der Waals surface area contributed by atoms with E-state index in [1.807, 2.05) is 24.3 Å². The predicted molar refractivity (Wildman–Crippen MR) is 83.8 cm³/mol. The Bertz CT molecular complexity index is 654. The Morgan fingerprint density at radius 1 is 1.09 bits per heavy atom. The molecule has 114 valence electrons. The van der Waals surface area contributed by atoms with Gasteiger partial charge >= 0.3 is 0 Å². The third kappa shape index (κ3) is 4.74. The van der Waals surface area contributed by atoms with Gasteiger partial charge in [-0.05, 0) is 23.8 Å². The summed E-state index contributed by atoms with van der Waals surface area (Å²) in [6.45, 7) is 0.507. The lowest BCUT2D eigenvalue weighted by atomic mass is 10.2. The van der Waals surface area contributed by atoms with E-state index in [9.17, 15) is 5.11 Å². The van der Waals surface area contributed by atoms with Crippen molar-refractivity contribution < 1.29 is 14.6 Å². The number of nitrogens with zero attached hydrogens (tertiary/aromatic N) is 1. The Morgan fingerprint density at radius 2 is 1.82 bits per heavy atom. The van der Waals surface area contributed by atoms with Crippen LogP contribution in [0.1, 0.15) is 11.1 Å². The molecule has 0 heterocycles. The van der Waals surface area contributed by atoms with E-state index in [2.05, 4.69) is 0 Å². The quantitative estimate of drug-likeness (QED) is 0.852. The molecule has 0 aliphatic carbocycles. The molecule has 0 radical (unpaired) electrons. The van der Waals surface area contributed by atoms with Crippen molar-refractivity contribution >= 4 is 11.6 Å². The topological polar surface area (TPSA) is 62.5 Å². The highest BCUT2D eigenvalue weighted by Gasteiger charge is 2.08. The van der Waals surface area contributed by atoms with E-state index in [1.165, 1.54) is 0 Å². The van der Waals surface area contributed by atoms with Crippen molar-refractivity contribution in [3.63, 3.8) is 0 Å². The standard InChI is InChI=1S/C17H16ClNO3/c18-16-7-3-1-6-14(16)10-21-11-15(20)12-22-17-8-4-2-5-13(17)9-19/h1-8,15,20H,10-12H2. The van der Waals surface area contributed by atoms with Crippen molar-refractivity contribution in [1.29, 1.82) is 5.26 Å².